The van der Waals surface area contributed by atoms with E-state index in [4.69, 9.17) is 0 Å². The highest BCUT2D eigenvalue weighted by Gasteiger charge is 2.23. The Kier molecular flexibility index (Phi) is 2.94. The van der Waals surface area contributed by atoms with Crippen molar-refractivity contribution in [2.24, 2.45) is 0 Å². The predicted octanol–water partition coefficient (Wildman–Crippen LogP) is 3.48. The molecule has 0 unspecified atom stereocenters. The second-order valence-corrected chi connectivity index (χ2v) is 6.08. The molecule has 1 aliphatic heterocycles. The lowest BCUT2D eigenvalue weighted by molar-refractivity contribution is 0.105. The minimum absolute atomic E-state index is 0.0638. The average molecular weight is 326 g/mol. The number of Topliss-reactive ketones (excluding diaryl/α,β-unsaturated/α-hetero) is 1. The zero-order valence-electron chi connectivity index (χ0n) is 13.3. The SMILES string of the molecule is O=C(C1=Cc2cc3ccccc3n2Cc2cnnn21)c1ccccc1. The van der Waals surface area contributed by atoms with Crippen molar-refractivity contribution in [2.75, 3.05) is 0 Å². The van der Waals surface area contributed by atoms with Crippen molar-refractivity contribution in [3.63, 3.8) is 0 Å². The topological polar surface area (TPSA) is 52.7 Å². The Bertz CT molecular complexity index is 1130. The number of allylic oxidation sites excluding steroid dienone is 1. The molecule has 2 aromatic heterocycles. The minimum Gasteiger partial charge on any atom is -0.335 e. The van der Waals surface area contributed by atoms with Gasteiger partial charge in [0.2, 0.25) is 5.78 Å². The second-order valence-electron chi connectivity index (χ2n) is 6.08. The van der Waals surface area contributed by atoms with Crippen LogP contribution in [0.1, 0.15) is 21.7 Å². The summed E-state index contributed by atoms with van der Waals surface area (Å²) in [6.07, 6.45) is 3.62. The Morgan fingerprint density at radius 1 is 1.00 bits per heavy atom. The van der Waals surface area contributed by atoms with Gasteiger partial charge in [-0.1, -0.05) is 53.7 Å². The van der Waals surface area contributed by atoms with Crippen LogP contribution in [0.2, 0.25) is 0 Å². The summed E-state index contributed by atoms with van der Waals surface area (Å²) in [4.78, 5) is 13.1. The number of hydrogen-bond donors (Lipinski definition) is 0. The number of benzene rings is 2. The molecule has 0 saturated heterocycles. The molecule has 0 fully saturated rings. The number of ketones is 1. The van der Waals surface area contributed by atoms with Crippen molar-refractivity contribution in [3.8, 4) is 0 Å². The number of nitrogens with zero attached hydrogens (tertiary/aromatic N) is 4. The number of para-hydroxylation sites is 1. The highest BCUT2D eigenvalue weighted by Crippen LogP contribution is 2.28. The summed E-state index contributed by atoms with van der Waals surface area (Å²) in [5.74, 6) is -0.0638. The van der Waals surface area contributed by atoms with E-state index in [9.17, 15) is 4.79 Å². The highest BCUT2D eigenvalue weighted by atomic mass is 16.1. The van der Waals surface area contributed by atoms with E-state index in [-0.39, 0.29) is 5.78 Å². The van der Waals surface area contributed by atoms with E-state index < -0.39 is 0 Å². The lowest BCUT2D eigenvalue weighted by atomic mass is 10.1. The normalized spacial score (nSPS) is 13.0. The second kappa shape index (κ2) is 5.27. The van der Waals surface area contributed by atoms with E-state index in [1.54, 1.807) is 10.9 Å². The van der Waals surface area contributed by atoms with Crippen LogP contribution in [0.15, 0.2) is 66.9 Å². The van der Waals surface area contributed by atoms with Gasteiger partial charge in [-0.15, -0.1) is 5.10 Å². The first kappa shape index (κ1) is 13.9. The molecule has 0 saturated carbocycles. The molecule has 0 spiro atoms. The molecule has 120 valence electrons. The van der Waals surface area contributed by atoms with Gasteiger partial charge < -0.3 is 4.57 Å². The fourth-order valence-electron chi connectivity index (χ4n) is 3.36. The first-order chi connectivity index (χ1) is 12.3. The molecule has 1 aliphatic rings. The Hall–Kier alpha value is -3.47. The summed E-state index contributed by atoms with van der Waals surface area (Å²) in [5.41, 5.74) is 4.16. The van der Waals surface area contributed by atoms with E-state index in [0.29, 0.717) is 17.8 Å². The Morgan fingerprint density at radius 3 is 2.68 bits per heavy atom. The molecule has 0 bridgehead atoms. The number of hydrogen-bond acceptors (Lipinski definition) is 3. The summed E-state index contributed by atoms with van der Waals surface area (Å²) in [6, 6.07) is 19.6. The lowest BCUT2D eigenvalue weighted by Crippen LogP contribution is -2.12. The molecule has 5 nitrogen and oxygen atoms in total. The lowest BCUT2D eigenvalue weighted by Gasteiger charge is -2.07. The molecule has 2 aromatic carbocycles. The van der Waals surface area contributed by atoms with Crippen LogP contribution in [-0.2, 0) is 6.54 Å². The van der Waals surface area contributed by atoms with Crippen LogP contribution in [0.3, 0.4) is 0 Å². The van der Waals surface area contributed by atoms with E-state index in [1.807, 2.05) is 48.5 Å². The quantitative estimate of drug-likeness (QED) is 0.530. The Balaban J connectivity index is 1.75. The standard InChI is InChI=1S/C20H14N4O/c25-20(14-6-2-1-3-7-14)19-11-16-10-15-8-4-5-9-18(15)23(16)13-17-12-21-22-24(17)19/h1-12H,13H2. The molecular formula is C20H14N4O. The van der Waals surface area contributed by atoms with E-state index in [0.717, 1.165) is 22.3 Å². The summed E-state index contributed by atoms with van der Waals surface area (Å²) < 4.78 is 3.84. The van der Waals surface area contributed by atoms with Gasteiger partial charge in [0.15, 0.2) is 0 Å². The number of fused-ring (bicyclic) bond motifs is 4. The maximum Gasteiger partial charge on any atom is 0.211 e. The summed E-state index contributed by atoms with van der Waals surface area (Å²) in [7, 11) is 0. The van der Waals surface area contributed by atoms with Crippen molar-refractivity contribution >= 4 is 28.5 Å². The average Bonchev–Trinajstić information content (AvgIpc) is 3.22. The third-order valence-electron chi connectivity index (χ3n) is 4.56. The first-order valence-electron chi connectivity index (χ1n) is 8.11. The van der Waals surface area contributed by atoms with Gasteiger partial charge in [-0.3, -0.25) is 4.79 Å². The van der Waals surface area contributed by atoms with Gasteiger partial charge >= 0.3 is 0 Å². The predicted molar refractivity (Wildman–Crippen MR) is 96.0 cm³/mol. The van der Waals surface area contributed by atoms with Gasteiger partial charge in [-0.2, -0.15) is 0 Å². The molecule has 0 amide bonds. The summed E-state index contributed by atoms with van der Waals surface area (Å²) in [5, 5.41) is 9.32. The van der Waals surface area contributed by atoms with Crippen LogP contribution >= 0.6 is 0 Å². The van der Waals surface area contributed by atoms with Crippen LogP contribution in [0.5, 0.6) is 0 Å². The van der Waals surface area contributed by atoms with E-state index in [2.05, 4.69) is 33.1 Å². The smallest absolute Gasteiger partial charge is 0.211 e. The number of carbonyl (C=O) groups excluding carboxylic acids is 1. The number of rotatable bonds is 2. The Labute approximate surface area is 143 Å². The van der Waals surface area contributed by atoms with Crippen LogP contribution in [0.25, 0.3) is 22.7 Å². The largest absolute Gasteiger partial charge is 0.335 e. The fourth-order valence-corrected chi connectivity index (χ4v) is 3.36. The Morgan fingerprint density at radius 2 is 1.80 bits per heavy atom. The van der Waals surface area contributed by atoms with Gasteiger partial charge in [0.25, 0.3) is 0 Å². The summed E-state index contributed by atoms with van der Waals surface area (Å²) >= 11 is 0. The van der Waals surface area contributed by atoms with Gasteiger partial charge in [0.1, 0.15) is 5.70 Å². The summed E-state index contributed by atoms with van der Waals surface area (Å²) in [6.45, 7) is 0.623. The zero-order chi connectivity index (χ0) is 16.8. The van der Waals surface area contributed by atoms with Crippen molar-refractivity contribution < 1.29 is 4.79 Å². The molecule has 5 rings (SSSR count). The maximum absolute atomic E-state index is 13.1. The molecular weight excluding hydrogens is 312 g/mol. The number of aromatic nitrogens is 4. The van der Waals surface area contributed by atoms with Gasteiger partial charge in [0, 0.05) is 22.2 Å². The van der Waals surface area contributed by atoms with Crippen LogP contribution < -0.4 is 0 Å². The van der Waals surface area contributed by atoms with E-state index in [1.165, 1.54) is 0 Å². The molecule has 0 N–H and O–H groups in total. The third kappa shape index (κ3) is 2.13. The minimum atomic E-state index is -0.0638. The zero-order valence-corrected chi connectivity index (χ0v) is 13.3. The van der Waals surface area contributed by atoms with Gasteiger partial charge in [-0.25, -0.2) is 4.68 Å². The van der Waals surface area contributed by atoms with Crippen molar-refractivity contribution in [1.29, 1.82) is 0 Å². The molecule has 0 atom stereocenters. The molecule has 0 radical (unpaired) electrons. The molecule has 0 aliphatic carbocycles. The maximum atomic E-state index is 13.1. The van der Waals surface area contributed by atoms with Crippen LogP contribution in [-0.4, -0.2) is 25.3 Å². The highest BCUT2D eigenvalue weighted by molar-refractivity contribution is 6.28. The van der Waals surface area contributed by atoms with Crippen LogP contribution in [0, 0.1) is 0 Å². The molecule has 5 heteroatoms. The first-order valence-corrected chi connectivity index (χ1v) is 8.11. The van der Waals surface area contributed by atoms with Crippen molar-refractivity contribution in [3.05, 3.63) is 83.8 Å². The van der Waals surface area contributed by atoms with Crippen molar-refractivity contribution in [2.45, 2.75) is 6.54 Å². The van der Waals surface area contributed by atoms with E-state index >= 15 is 0 Å². The molecule has 3 heterocycles. The van der Waals surface area contributed by atoms with Gasteiger partial charge in [-0.05, 0) is 18.2 Å². The number of carbonyl (C=O) groups is 1. The fraction of sp³-hybridized carbons (Fsp3) is 0.0500. The molecule has 4 aromatic rings. The van der Waals surface area contributed by atoms with Crippen LogP contribution in [0.4, 0.5) is 0 Å². The molecule has 25 heavy (non-hydrogen) atoms. The van der Waals surface area contributed by atoms with Crippen molar-refractivity contribution in [1.82, 2.24) is 19.6 Å². The van der Waals surface area contributed by atoms with Gasteiger partial charge in [0.05, 0.1) is 18.4 Å². The third-order valence-corrected chi connectivity index (χ3v) is 4.56. The monoisotopic (exact) mass is 326 g/mol.